The second kappa shape index (κ2) is 10.0. The van der Waals surface area contributed by atoms with Gasteiger partial charge in [0.25, 0.3) is 5.91 Å². The number of fused-ring (bicyclic) bond motifs is 1. The number of rotatable bonds is 7. The summed E-state index contributed by atoms with van der Waals surface area (Å²) >= 11 is 8.13. The molecule has 1 aliphatic rings. The Morgan fingerprint density at radius 3 is 2.68 bits per heavy atom. The molecule has 34 heavy (non-hydrogen) atoms. The van der Waals surface area contributed by atoms with Crippen LogP contribution < -0.4 is 0 Å². The number of furan rings is 1. The molecular weight excluding hydrogens is 486 g/mol. The van der Waals surface area contributed by atoms with Crippen molar-refractivity contribution in [2.45, 2.75) is 17.3 Å². The second-order valence-corrected chi connectivity index (χ2v) is 10.1. The number of carbonyl (C=O) groups excluding carboxylic acids is 2. The van der Waals surface area contributed by atoms with Crippen molar-refractivity contribution in [3.05, 3.63) is 89.2 Å². The standard InChI is InChI=1S/C25H19N3O3S3/c29-22(12-13-27-23(30)21(34-25(27)32)15-18-9-6-14-31-18)28-20-11-5-4-10-19(20)26-24(28)33-16-17-7-2-1-3-8-17/h1-11,14-15H,12-13,16H2/b21-15-. The number of para-hydroxylation sites is 2. The Balaban J connectivity index is 1.33. The molecule has 6 nitrogen and oxygen atoms in total. The van der Waals surface area contributed by atoms with Gasteiger partial charge in [0, 0.05) is 24.8 Å². The van der Waals surface area contributed by atoms with Gasteiger partial charge in [-0.3, -0.25) is 19.1 Å². The fourth-order valence-corrected chi connectivity index (χ4v) is 5.85. The SMILES string of the molecule is O=C1/C(=C/c2ccco2)SC(=S)N1CCC(=O)n1c(SCc2ccccc2)nc2ccccc21. The van der Waals surface area contributed by atoms with Crippen LogP contribution in [0.15, 0.2) is 87.5 Å². The highest BCUT2D eigenvalue weighted by atomic mass is 32.2. The highest BCUT2D eigenvalue weighted by Crippen LogP contribution is 2.33. The molecule has 5 rings (SSSR count). The van der Waals surface area contributed by atoms with Crippen molar-refractivity contribution in [1.82, 2.24) is 14.5 Å². The summed E-state index contributed by atoms with van der Waals surface area (Å²) < 4.78 is 7.39. The molecule has 1 amide bonds. The molecule has 1 fully saturated rings. The van der Waals surface area contributed by atoms with Gasteiger partial charge in [-0.2, -0.15) is 0 Å². The van der Waals surface area contributed by atoms with E-state index in [2.05, 4.69) is 4.98 Å². The van der Waals surface area contributed by atoms with E-state index in [1.165, 1.54) is 28.4 Å². The maximum Gasteiger partial charge on any atom is 0.266 e. The number of thioether (sulfide) groups is 2. The summed E-state index contributed by atoms with van der Waals surface area (Å²) in [7, 11) is 0. The first kappa shape index (κ1) is 22.6. The number of benzene rings is 2. The molecule has 0 radical (unpaired) electrons. The number of nitrogens with zero attached hydrogens (tertiary/aromatic N) is 3. The first-order valence-electron chi connectivity index (χ1n) is 10.6. The van der Waals surface area contributed by atoms with Gasteiger partial charge in [-0.15, -0.1) is 0 Å². The van der Waals surface area contributed by atoms with Crippen LogP contribution in [0, 0.1) is 0 Å². The quantitative estimate of drug-likeness (QED) is 0.177. The zero-order valence-electron chi connectivity index (χ0n) is 17.9. The van der Waals surface area contributed by atoms with E-state index in [1.54, 1.807) is 29.0 Å². The maximum atomic E-state index is 13.4. The van der Waals surface area contributed by atoms with E-state index in [1.807, 2.05) is 54.6 Å². The summed E-state index contributed by atoms with van der Waals surface area (Å²) in [5.74, 6) is 0.937. The number of hydrogen-bond acceptors (Lipinski definition) is 7. The predicted molar refractivity (Wildman–Crippen MR) is 140 cm³/mol. The van der Waals surface area contributed by atoms with Gasteiger partial charge in [0.2, 0.25) is 5.91 Å². The summed E-state index contributed by atoms with van der Waals surface area (Å²) in [6.45, 7) is 0.203. The van der Waals surface area contributed by atoms with Crippen molar-refractivity contribution in [3.63, 3.8) is 0 Å². The van der Waals surface area contributed by atoms with Crippen LogP contribution in [0.2, 0.25) is 0 Å². The fraction of sp³-hybridized carbons (Fsp3) is 0.120. The number of aromatic nitrogens is 2. The fourth-order valence-electron chi connectivity index (χ4n) is 3.58. The van der Waals surface area contributed by atoms with E-state index in [0.717, 1.165) is 16.6 Å². The molecule has 0 unspecified atom stereocenters. The van der Waals surface area contributed by atoms with Gasteiger partial charge in [0.15, 0.2) is 5.16 Å². The third-order valence-electron chi connectivity index (χ3n) is 5.23. The summed E-state index contributed by atoms with van der Waals surface area (Å²) in [6, 6.07) is 21.2. The average Bonchev–Trinajstić information content (AvgIpc) is 3.56. The molecule has 4 aromatic rings. The number of thiocarbonyl (C=S) groups is 1. The van der Waals surface area contributed by atoms with Crippen LogP contribution in [0.5, 0.6) is 0 Å². The van der Waals surface area contributed by atoms with E-state index in [0.29, 0.717) is 25.9 Å². The summed E-state index contributed by atoms with van der Waals surface area (Å²) in [4.78, 5) is 32.9. The molecule has 3 heterocycles. The van der Waals surface area contributed by atoms with Crippen molar-refractivity contribution in [2.75, 3.05) is 6.54 Å². The predicted octanol–water partition coefficient (Wildman–Crippen LogP) is 5.85. The normalized spacial score (nSPS) is 15.1. The summed E-state index contributed by atoms with van der Waals surface area (Å²) in [5, 5.41) is 0.637. The van der Waals surface area contributed by atoms with Gasteiger partial charge >= 0.3 is 0 Å². The molecule has 0 bridgehead atoms. The Labute approximate surface area is 210 Å². The van der Waals surface area contributed by atoms with Gasteiger partial charge in [-0.1, -0.05) is 78.2 Å². The lowest BCUT2D eigenvalue weighted by Gasteiger charge is -2.14. The van der Waals surface area contributed by atoms with Crippen LogP contribution in [0.4, 0.5) is 0 Å². The van der Waals surface area contributed by atoms with Crippen LogP contribution >= 0.6 is 35.7 Å². The van der Waals surface area contributed by atoms with Gasteiger partial charge in [-0.05, 0) is 29.8 Å². The Kier molecular flexibility index (Phi) is 6.66. The van der Waals surface area contributed by atoms with E-state index in [4.69, 9.17) is 16.6 Å². The monoisotopic (exact) mass is 505 g/mol. The summed E-state index contributed by atoms with van der Waals surface area (Å²) in [6.07, 6.45) is 3.34. The van der Waals surface area contributed by atoms with E-state index in [9.17, 15) is 9.59 Å². The maximum absolute atomic E-state index is 13.4. The van der Waals surface area contributed by atoms with E-state index in [-0.39, 0.29) is 24.8 Å². The van der Waals surface area contributed by atoms with Gasteiger partial charge < -0.3 is 4.42 Å². The number of amides is 1. The molecule has 9 heteroatoms. The molecule has 0 N–H and O–H groups in total. The minimum absolute atomic E-state index is 0.125. The second-order valence-electron chi connectivity index (χ2n) is 7.49. The lowest BCUT2D eigenvalue weighted by atomic mass is 10.2. The first-order chi connectivity index (χ1) is 16.6. The third-order valence-corrected chi connectivity index (χ3v) is 7.62. The first-order valence-corrected chi connectivity index (χ1v) is 12.8. The van der Waals surface area contributed by atoms with Gasteiger partial charge in [-0.25, -0.2) is 4.98 Å². The number of carbonyl (C=O) groups is 2. The lowest BCUT2D eigenvalue weighted by Crippen LogP contribution is -2.31. The van der Waals surface area contributed by atoms with Crippen LogP contribution in [0.1, 0.15) is 22.5 Å². The van der Waals surface area contributed by atoms with E-state index < -0.39 is 0 Å². The van der Waals surface area contributed by atoms with Crippen molar-refractivity contribution in [1.29, 1.82) is 0 Å². The minimum Gasteiger partial charge on any atom is -0.465 e. The van der Waals surface area contributed by atoms with Crippen molar-refractivity contribution >= 4 is 69.0 Å². The van der Waals surface area contributed by atoms with Crippen LogP contribution in [0.3, 0.4) is 0 Å². The molecule has 1 aliphatic heterocycles. The van der Waals surface area contributed by atoms with Crippen molar-refractivity contribution < 1.29 is 14.0 Å². The van der Waals surface area contributed by atoms with Crippen LogP contribution in [-0.4, -0.2) is 37.1 Å². The molecular formula is C25H19N3O3S3. The molecule has 0 spiro atoms. The van der Waals surface area contributed by atoms with Crippen LogP contribution in [0.25, 0.3) is 17.1 Å². The molecule has 0 atom stereocenters. The van der Waals surface area contributed by atoms with Crippen molar-refractivity contribution in [3.8, 4) is 0 Å². The molecule has 2 aromatic carbocycles. The lowest BCUT2D eigenvalue weighted by molar-refractivity contribution is -0.122. The minimum atomic E-state index is -0.214. The zero-order chi connectivity index (χ0) is 23.5. The molecule has 0 saturated carbocycles. The Morgan fingerprint density at radius 2 is 1.88 bits per heavy atom. The smallest absolute Gasteiger partial charge is 0.266 e. The number of imidazole rings is 1. The largest absolute Gasteiger partial charge is 0.465 e. The third kappa shape index (κ3) is 4.72. The Hall–Kier alpha value is -3.14. The Morgan fingerprint density at radius 1 is 1.09 bits per heavy atom. The Bertz CT molecular complexity index is 1390. The van der Waals surface area contributed by atoms with Crippen LogP contribution in [-0.2, 0) is 10.5 Å². The van der Waals surface area contributed by atoms with E-state index >= 15 is 0 Å². The summed E-state index contributed by atoms with van der Waals surface area (Å²) in [5.41, 5.74) is 2.67. The highest BCUT2D eigenvalue weighted by Gasteiger charge is 2.32. The average molecular weight is 506 g/mol. The van der Waals surface area contributed by atoms with Crippen molar-refractivity contribution in [2.24, 2.45) is 0 Å². The van der Waals surface area contributed by atoms with Gasteiger partial charge in [0.05, 0.1) is 22.2 Å². The highest BCUT2D eigenvalue weighted by molar-refractivity contribution is 8.26. The molecule has 0 aliphatic carbocycles. The molecule has 170 valence electrons. The number of hydrogen-bond donors (Lipinski definition) is 0. The molecule has 2 aromatic heterocycles. The van der Waals surface area contributed by atoms with Gasteiger partial charge in [0.1, 0.15) is 10.1 Å². The molecule has 1 saturated heterocycles. The zero-order valence-corrected chi connectivity index (χ0v) is 20.4. The topological polar surface area (TPSA) is 68.3 Å².